The SMILES string of the molecule is COc1ccc([C@@H]2CC(=O)N3CN(c4ccccc4C)CSC3=C2C#N)c(OC)c1. The molecule has 2 aromatic carbocycles. The number of carbonyl (C=O) groups excluding carboxylic acids is 1. The zero-order valence-corrected chi connectivity index (χ0v) is 18.0. The summed E-state index contributed by atoms with van der Waals surface area (Å²) in [5.74, 6) is 1.66. The molecule has 6 nitrogen and oxygen atoms in total. The van der Waals surface area contributed by atoms with Crippen molar-refractivity contribution in [2.24, 2.45) is 0 Å². The van der Waals surface area contributed by atoms with Crippen LogP contribution in [0.2, 0.25) is 0 Å². The van der Waals surface area contributed by atoms with Crippen LogP contribution in [-0.2, 0) is 4.79 Å². The summed E-state index contributed by atoms with van der Waals surface area (Å²) in [6, 6.07) is 16.0. The molecule has 2 aliphatic rings. The van der Waals surface area contributed by atoms with E-state index < -0.39 is 0 Å². The Bertz CT molecular complexity index is 1060. The lowest BCUT2D eigenvalue weighted by Gasteiger charge is -2.42. The van der Waals surface area contributed by atoms with Crippen LogP contribution in [0, 0.1) is 18.3 Å². The highest BCUT2D eigenvalue weighted by atomic mass is 32.2. The van der Waals surface area contributed by atoms with Gasteiger partial charge in [0.25, 0.3) is 0 Å². The van der Waals surface area contributed by atoms with E-state index in [-0.39, 0.29) is 18.2 Å². The first-order valence-electron chi connectivity index (χ1n) is 9.67. The Labute approximate surface area is 180 Å². The highest BCUT2D eigenvalue weighted by Gasteiger charge is 2.39. The minimum absolute atomic E-state index is 0.0117. The number of thioether (sulfide) groups is 1. The number of aryl methyl sites for hydroxylation is 1. The molecule has 0 spiro atoms. The average molecular weight is 422 g/mol. The lowest BCUT2D eigenvalue weighted by molar-refractivity contribution is -0.129. The van der Waals surface area contributed by atoms with Gasteiger partial charge in [0.15, 0.2) is 0 Å². The molecule has 2 aromatic rings. The fraction of sp³-hybridized carbons (Fsp3) is 0.304. The van der Waals surface area contributed by atoms with E-state index >= 15 is 0 Å². The molecule has 4 rings (SSSR count). The minimum atomic E-state index is -0.327. The fourth-order valence-corrected chi connectivity index (χ4v) is 5.16. The van der Waals surface area contributed by atoms with Gasteiger partial charge in [0.1, 0.15) is 11.5 Å². The van der Waals surface area contributed by atoms with Crippen molar-refractivity contribution in [2.75, 3.05) is 31.7 Å². The van der Waals surface area contributed by atoms with E-state index in [1.807, 2.05) is 24.3 Å². The molecule has 1 saturated heterocycles. The Morgan fingerprint density at radius 1 is 1.17 bits per heavy atom. The summed E-state index contributed by atoms with van der Waals surface area (Å²) in [6.45, 7) is 2.51. The number of para-hydroxylation sites is 1. The predicted octanol–water partition coefficient (Wildman–Crippen LogP) is 4.23. The summed E-state index contributed by atoms with van der Waals surface area (Å²) in [7, 11) is 3.18. The van der Waals surface area contributed by atoms with Crippen molar-refractivity contribution in [3.05, 3.63) is 64.2 Å². The van der Waals surface area contributed by atoms with E-state index in [4.69, 9.17) is 9.47 Å². The third-order valence-electron chi connectivity index (χ3n) is 5.57. The van der Waals surface area contributed by atoms with Crippen molar-refractivity contribution >= 4 is 23.4 Å². The van der Waals surface area contributed by atoms with Crippen molar-refractivity contribution in [2.45, 2.75) is 19.3 Å². The van der Waals surface area contributed by atoms with Gasteiger partial charge in [-0.1, -0.05) is 36.0 Å². The van der Waals surface area contributed by atoms with Crippen molar-refractivity contribution < 1.29 is 14.3 Å². The van der Waals surface area contributed by atoms with Crippen molar-refractivity contribution in [3.8, 4) is 17.6 Å². The first-order chi connectivity index (χ1) is 14.6. The Balaban J connectivity index is 1.70. The minimum Gasteiger partial charge on any atom is -0.497 e. The molecule has 0 bridgehead atoms. The van der Waals surface area contributed by atoms with Crippen LogP contribution in [0.25, 0.3) is 0 Å². The van der Waals surface area contributed by atoms with Crippen molar-refractivity contribution in [1.29, 1.82) is 5.26 Å². The molecule has 0 unspecified atom stereocenters. The summed E-state index contributed by atoms with van der Waals surface area (Å²) in [4.78, 5) is 17.0. The fourth-order valence-electron chi connectivity index (χ4n) is 4.01. The number of carbonyl (C=O) groups is 1. The molecule has 2 aliphatic heterocycles. The molecule has 0 aromatic heterocycles. The molecule has 154 valence electrons. The highest BCUT2D eigenvalue weighted by molar-refractivity contribution is 8.03. The van der Waals surface area contributed by atoms with Crippen LogP contribution in [-0.4, -0.2) is 37.6 Å². The summed E-state index contributed by atoms with van der Waals surface area (Å²) in [6.07, 6.45) is 0.233. The largest absolute Gasteiger partial charge is 0.497 e. The number of anilines is 1. The number of amides is 1. The van der Waals surface area contributed by atoms with E-state index in [2.05, 4.69) is 30.0 Å². The quantitative estimate of drug-likeness (QED) is 0.736. The maximum atomic E-state index is 13.1. The van der Waals surface area contributed by atoms with Crippen molar-refractivity contribution in [3.63, 3.8) is 0 Å². The van der Waals surface area contributed by atoms with Gasteiger partial charge < -0.3 is 14.4 Å². The number of fused-ring (bicyclic) bond motifs is 1. The molecule has 1 fully saturated rings. The molecule has 0 N–H and O–H groups in total. The smallest absolute Gasteiger partial charge is 0.229 e. The van der Waals surface area contributed by atoms with Gasteiger partial charge in [-0.05, 0) is 24.6 Å². The maximum absolute atomic E-state index is 13.1. The van der Waals surface area contributed by atoms with Crippen LogP contribution in [0.3, 0.4) is 0 Å². The van der Waals surface area contributed by atoms with Gasteiger partial charge in [-0.15, -0.1) is 0 Å². The third-order valence-corrected chi connectivity index (χ3v) is 6.72. The van der Waals surface area contributed by atoms with Crippen molar-refractivity contribution in [1.82, 2.24) is 4.90 Å². The molecule has 2 heterocycles. The van der Waals surface area contributed by atoms with Crippen LogP contribution in [0.15, 0.2) is 53.1 Å². The molecule has 7 heteroatoms. The second kappa shape index (κ2) is 8.33. The van der Waals surface area contributed by atoms with Crippen LogP contribution in [0.4, 0.5) is 5.69 Å². The van der Waals surface area contributed by atoms with E-state index in [1.54, 1.807) is 25.2 Å². The number of rotatable bonds is 4. The Morgan fingerprint density at radius 2 is 1.97 bits per heavy atom. The standard InChI is InChI=1S/C23H23N3O3S/c1-15-6-4-5-7-20(15)25-13-26-22(27)11-18(19(12-24)23(26)30-14-25)17-9-8-16(28-2)10-21(17)29-3/h4-10,18H,11,13-14H2,1-3H3/t18-/m0/s1. The Kier molecular flexibility index (Phi) is 5.60. The number of nitriles is 1. The Hall–Kier alpha value is -3.11. The number of methoxy groups -OCH3 is 2. The molecule has 0 saturated carbocycles. The normalized spacial score (nSPS) is 18.7. The summed E-state index contributed by atoms with van der Waals surface area (Å²) in [5, 5.41) is 10.8. The van der Waals surface area contributed by atoms with E-state index in [0.29, 0.717) is 29.6 Å². The lowest BCUT2D eigenvalue weighted by Crippen LogP contribution is -2.47. The molecular weight excluding hydrogens is 398 g/mol. The number of hydrogen-bond donors (Lipinski definition) is 0. The highest BCUT2D eigenvalue weighted by Crippen LogP contribution is 2.46. The lowest BCUT2D eigenvalue weighted by atomic mass is 9.86. The molecule has 0 aliphatic carbocycles. The van der Waals surface area contributed by atoms with E-state index in [1.165, 1.54) is 11.8 Å². The molecular formula is C23H23N3O3S. The number of nitrogens with zero attached hydrogens (tertiary/aromatic N) is 3. The van der Waals surface area contributed by atoms with Crippen LogP contribution < -0.4 is 14.4 Å². The molecule has 1 atom stereocenters. The van der Waals surface area contributed by atoms with E-state index in [9.17, 15) is 10.1 Å². The van der Waals surface area contributed by atoms with Crippen LogP contribution >= 0.6 is 11.8 Å². The monoisotopic (exact) mass is 421 g/mol. The number of benzene rings is 2. The number of ether oxygens (including phenoxy) is 2. The van der Waals surface area contributed by atoms with Gasteiger partial charge in [-0.3, -0.25) is 9.69 Å². The van der Waals surface area contributed by atoms with E-state index in [0.717, 1.165) is 21.8 Å². The van der Waals surface area contributed by atoms with Gasteiger partial charge in [-0.2, -0.15) is 5.26 Å². The molecule has 1 amide bonds. The van der Waals surface area contributed by atoms with Gasteiger partial charge in [0, 0.05) is 29.7 Å². The van der Waals surface area contributed by atoms with Crippen LogP contribution in [0.5, 0.6) is 11.5 Å². The summed E-state index contributed by atoms with van der Waals surface area (Å²) < 4.78 is 10.8. The van der Waals surface area contributed by atoms with Crippen LogP contribution in [0.1, 0.15) is 23.5 Å². The predicted molar refractivity (Wildman–Crippen MR) is 117 cm³/mol. The summed E-state index contributed by atoms with van der Waals surface area (Å²) >= 11 is 1.54. The Morgan fingerprint density at radius 3 is 2.67 bits per heavy atom. The second-order valence-corrected chi connectivity index (χ2v) is 8.19. The maximum Gasteiger partial charge on any atom is 0.229 e. The average Bonchev–Trinajstić information content (AvgIpc) is 2.78. The summed E-state index contributed by atoms with van der Waals surface area (Å²) in [5.41, 5.74) is 3.72. The molecule has 0 radical (unpaired) electrons. The van der Waals surface area contributed by atoms with Gasteiger partial charge >= 0.3 is 0 Å². The topological polar surface area (TPSA) is 65.8 Å². The molecule has 30 heavy (non-hydrogen) atoms. The zero-order chi connectivity index (χ0) is 21.3. The van der Waals surface area contributed by atoms with Gasteiger partial charge in [0.05, 0.1) is 43.4 Å². The van der Waals surface area contributed by atoms with Gasteiger partial charge in [0.2, 0.25) is 5.91 Å². The first-order valence-corrected chi connectivity index (χ1v) is 10.7. The van der Waals surface area contributed by atoms with Gasteiger partial charge in [-0.25, -0.2) is 0 Å². The number of hydrogen-bond acceptors (Lipinski definition) is 6. The third kappa shape index (κ3) is 3.48. The first kappa shape index (κ1) is 20.2. The zero-order valence-electron chi connectivity index (χ0n) is 17.2. The number of allylic oxidation sites excluding steroid dienone is 1. The second-order valence-electron chi connectivity index (χ2n) is 7.26.